The zero-order chi connectivity index (χ0) is 13.8. The standard InChI is InChI=1S/C13H13N3O2S/c14-5-10-9(7-19-8-11(15)13(17)18)6-16-4-2-1-3-12(10)16/h1-4,6,11H,7-8,15H2,(H,17,18). The highest BCUT2D eigenvalue weighted by Crippen LogP contribution is 2.22. The van der Waals surface area contributed by atoms with E-state index < -0.39 is 12.0 Å². The zero-order valence-corrected chi connectivity index (χ0v) is 10.9. The van der Waals surface area contributed by atoms with Gasteiger partial charge in [-0.2, -0.15) is 17.0 Å². The molecule has 0 radical (unpaired) electrons. The number of nitrogens with two attached hydrogens (primary N) is 1. The number of thioether (sulfide) groups is 1. The van der Waals surface area contributed by atoms with E-state index >= 15 is 0 Å². The van der Waals surface area contributed by atoms with Gasteiger partial charge < -0.3 is 15.2 Å². The van der Waals surface area contributed by atoms with Crippen LogP contribution in [0.5, 0.6) is 0 Å². The molecule has 0 spiro atoms. The number of aromatic nitrogens is 1. The first kappa shape index (κ1) is 13.5. The fourth-order valence-electron chi connectivity index (χ4n) is 1.78. The molecule has 0 aliphatic rings. The number of nitrogens with zero attached hydrogens (tertiary/aromatic N) is 2. The molecular formula is C13H13N3O2S. The Labute approximate surface area is 114 Å². The summed E-state index contributed by atoms with van der Waals surface area (Å²) in [6.07, 6.45) is 3.78. The molecule has 5 nitrogen and oxygen atoms in total. The molecule has 2 heterocycles. The number of nitriles is 1. The summed E-state index contributed by atoms with van der Waals surface area (Å²) in [5.74, 6) is -0.104. The van der Waals surface area contributed by atoms with E-state index in [9.17, 15) is 10.1 Å². The fraction of sp³-hybridized carbons (Fsp3) is 0.231. The quantitative estimate of drug-likeness (QED) is 0.861. The lowest BCUT2D eigenvalue weighted by Crippen LogP contribution is -2.32. The van der Waals surface area contributed by atoms with Crippen LogP contribution < -0.4 is 5.73 Å². The van der Waals surface area contributed by atoms with Crippen molar-refractivity contribution in [2.24, 2.45) is 5.73 Å². The maximum absolute atomic E-state index is 10.6. The second-order valence-electron chi connectivity index (χ2n) is 4.09. The van der Waals surface area contributed by atoms with E-state index in [1.807, 2.05) is 35.0 Å². The van der Waals surface area contributed by atoms with Gasteiger partial charge in [0.2, 0.25) is 0 Å². The first-order valence-electron chi connectivity index (χ1n) is 5.68. The molecule has 1 atom stereocenters. The Bertz CT molecular complexity index is 645. The van der Waals surface area contributed by atoms with Crippen molar-refractivity contribution in [3.05, 3.63) is 41.7 Å². The summed E-state index contributed by atoms with van der Waals surface area (Å²) in [6.45, 7) is 0. The van der Waals surface area contributed by atoms with Gasteiger partial charge in [-0.15, -0.1) is 0 Å². The lowest BCUT2D eigenvalue weighted by molar-refractivity contribution is -0.137. The number of carbonyl (C=O) groups is 1. The van der Waals surface area contributed by atoms with E-state index in [4.69, 9.17) is 10.8 Å². The third-order valence-corrected chi connectivity index (χ3v) is 3.86. The van der Waals surface area contributed by atoms with E-state index in [1.54, 1.807) is 0 Å². The highest BCUT2D eigenvalue weighted by molar-refractivity contribution is 7.98. The molecule has 98 valence electrons. The fourth-order valence-corrected chi connectivity index (χ4v) is 2.74. The van der Waals surface area contributed by atoms with E-state index in [0.717, 1.165) is 11.1 Å². The van der Waals surface area contributed by atoms with Gasteiger partial charge in [-0.05, 0) is 17.7 Å². The molecule has 3 N–H and O–H groups in total. The predicted octanol–water partition coefficient (Wildman–Crippen LogP) is 1.46. The van der Waals surface area contributed by atoms with Crippen LogP contribution in [0.25, 0.3) is 5.52 Å². The molecular weight excluding hydrogens is 262 g/mol. The van der Waals surface area contributed by atoms with E-state index in [2.05, 4.69) is 6.07 Å². The van der Waals surface area contributed by atoms with Gasteiger partial charge in [0.25, 0.3) is 0 Å². The number of carboxylic acid groups (broad SMARTS) is 1. The van der Waals surface area contributed by atoms with Crippen molar-refractivity contribution in [2.75, 3.05) is 5.75 Å². The van der Waals surface area contributed by atoms with Crippen molar-refractivity contribution < 1.29 is 9.90 Å². The molecule has 0 saturated carbocycles. The average Bonchev–Trinajstić information content (AvgIpc) is 2.75. The largest absolute Gasteiger partial charge is 0.480 e. The molecule has 1 unspecified atom stereocenters. The molecule has 0 aromatic carbocycles. The van der Waals surface area contributed by atoms with Crippen LogP contribution in [0.4, 0.5) is 0 Å². The Kier molecular flexibility index (Phi) is 4.10. The van der Waals surface area contributed by atoms with Gasteiger partial charge in [0, 0.05) is 23.9 Å². The third kappa shape index (κ3) is 2.89. The summed E-state index contributed by atoms with van der Waals surface area (Å²) < 4.78 is 1.89. The van der Waals surface area contributed by atoms with Crippen LogP contribution in [0.2, 0.25) is 0 Å². The molecule has 0 amide bonds. The Hall–Kier alpha value is -1.97. The van der Waals surface area contributed by atoms with E-state index in [-0.39, 0.29) is 0 Å². The number of hydrogen-bond acceptors (Lipinski definition) is 4. The minimum atomic E-state index is -1.00. The normalized spacial score (nSPS) is 12.2. The van der Waals surface area contributed by atoms with Gasteiger partial charge in [0.15, 0.2) is 0 Å². The number of aliphatic carboxylic acids is 1. The summed E-state index contributed by atoms with van der Waals surface area (Å²) in [5.41, 5.74) is 7.84. The van der Waals surface area contributed by atoms with E-state index in [0.29, 0.717) is 17.1 Å². The van der Waals surface area contributed by atoms with Crippen LogP contribution >= 0.6 is 11.8 Å². The van der Waals surface area contributed by atoms with Crippen LogP contribution in [0.15, 0.2) is 30.6 Å². The minimum absolute atomic E-state index is 0.326. The molecule has 0 saturated heterocycles. The number of pyridine rings is 1. The maximum Gasteiger partial charge on any atom is 0.321 e. The second-order valence-corrected chi connectivity index (χ2v) is 5.12. The van der Waals surface area contributed by atoms with E-state index in [1.165, 1.54) is 11.8 Å². The molecule has 0 bridgehead atoms. The van der Waals surface area contributed by atoms with Gasteiger partial charge in [-0.25, -0.2) is 0 Å². The first-order chi connectivity index (χ1) is 9.13. The lowest BCUT2D eigenvalue weighted by Gasteiger charge is -2.04. The van der Waals surface area contributed by atoms with Crippen LogP contribution in [-0.4, -0.2) is 27.3 Å². The zero-order valence-electron chi connectivity index (χ0n) is 10.1. The maximum atomic E-state index is 10.6. The monoisotopic (exact) mass is 275 g/mol. The molecule has 0 fully saturated rings. The Balaban J connectivity index is 2.13. The summed E-state index contributed by atoms with van der Waals surface area (Å²) >= 11 is 1.42. The Morgan fingerprint density at radius 1 is 1.58 bits per heavy atom. The van der Waals surface area contributed by atoms with Gasteiger partial charge in [0.1, 0.15) is 12.1 Å². The number of hydrogen-bond donors (Lipinski definition) is 2. The summed E-state index contributed by atoms with van der Waals surface area (Å²) in [6, 6.07) is 6.99. The topological polar surface area (TPSA) is 91.5 Å². The van der Waals surface area contributed by atoms with Crippen LogP contribution in [0, 0.1) is 11.3 Å². The highest BCUT2D eigenvalue weighted by atomic mass is 32.2. The van der Waals surface area contributed by atoms with Crippen molar-refractivity contribution in [3.8, 4) is 6.07 Å². The predicted molar refractivity (Wildman–Crippen MR) is 73.9 cm³/mol. The molecule has 0 aliphatic carbocycles. The van der Waals surface area contributed by atoms with Crippen LogP contribution in [0.1, 0.15) is 11.1 Å². The number of rotatable bonds is 5. The summed E-state index contributed by atoms with van der Waals surface area (Å²) in [4.78, 5) is 10.6. The minimum Gasteiger partial charge on any atom is -0.480 e. The van der Waals surface area contributed by atoms with Crippen molar-refractivity contribution in [3.63, 3.8) is 0 Å². The molecule has 2 aromatic heterocycles. The smallest absolute Gasteiger partial charge is 0.321 e. The number of carboxylic acids is 1. The second kappa shape index (κ2) is 5.78. The molecule has 2 aromatic rings. The van der Waals surface area contributed by atoms with Crippen molar-refractivity contribution in [2.45, 2.75) is 11.8 Å². The van der Waals surface area contributed by atoms with Crippen LogP contribution in [-0.2, 0) is 10.5 Å². The van der Waals surface area contributed by atoms with Gasteiger partial charge in [-0.1, -0.05) is 6.07 Å². The Morgan fingerprint density at radius 3 is 3.05 bits per heavy atom. The highest BCUT2D eigenvalue weighted by Gasteiger charge is 2.13. The Morgan fingerprint density at radius 2 is 2.37 bits per heavy atom. The first-order valence-corrected chi connectivity index (χ1v) is 6.83. The van der Waals surface area contributed by atoms with Gasteiger partial charge >= 0.3 is 5.97 Å². The lowest BCUT2D eigenvalue weighted by atomic mass is 10.2. The molecule has 0 aliphatic heterocycles. The van der Waals surface area contributed by atoms with Crippen LogP contribution in [0.3, 0.4) is 0 Å². The van der Waals surface area contributed by atoms with Crippen molar-refractivity contribution in [1.82, 2.24) is 4.40 Å². The average molecular weight is 275 g/mol. The van der Waals surface area contributed by atoms with Gasteiger partial charge in [-0.3, -0.25) is 4.79 Å². The summed E-state index contributed by atoms with van der Waals surface area (Å²) in [7, 11) is 0. The SMILES string of the molecule is N#Cc1c(CSCC(N)C(=O)O)cn2ccccc12. The van der Waals surface area contributed by atoms with Gasteiger partial charge in [0.05, 0.1) is 11.1 Å². The summed E-state index contributed by atoms with van der Waals surface area (Å²) in [5, 5.41) is 17.9. The third-order valence-electron chi connectivity index (χ3n) is 2.75. The number of fused-ring (bicyclic) bond motifs is 1. The molecule has 6 heteroatoms. The molecule has 19 heavy (non-hydrogen) atoms. The van der Waals surface area contributed by atoms with Crippen molar-refractivity contribution in [1.29, 1.82) is 5.26 Å². The molecule has 2 rings (SSSR count). The van der Waals surface area contributed by atoms with Crippen molar-refractivity contribution >= 4 is 23.2 Å².